The molecule has 0 spiro atoms. The van der Waals surface area contributed by atoms with Crippen molar-refractivity contribution in [2.24, 2.45) is 12.0 Å². The fraction of sp³-hybridized carbons (Fsp3) is 0.350. The molecule has 0 unspecified atom stereocenters. The number of piperazine rings is 1. The number of thioether (sulfide) groups is 1. The van der Waals surface area contributed by atoms with Gasteiger partial charge in [0, 0.05) is 56.6 Å². The maximum absolute atomic E-state index is 12.3. The van der Waals surface area contributed by atoms with Crippen molar-refractivity contribution in [3.05, 3.63) is 57.2 Å². The van der Waals surface area contributed by atoms with E-state index in [1.54, 1.807) is 0 Å². The Labute approximate surface area is 173 Å². The summed E-state index contributed by atoms with van der Waals surface area (Å²) < 4.78 is 1.87. The highest BCUT2D eigenvalue weighted by Crippen LogP contribution is 2.31. The number of halogens is 1. The fourth-order valence-corrected chi connectivity index (χ4v) is 4.48. The number of hydrogen-bond donors (Lipinski definition) is 0. The molecule has 2 aromatic rings. The van der Waals surface area contributed by atoms with Gasteiger partial charge < -0.3 is 4.90 Å². The molecular formula is C20H22ClN5OS. The molecule has 1 amide bonds. The van der Waals surface area contributed by atoms with Gasteiger partial charge in [-0.2, -0.15) is 10.1 Å². The molecule has 0 N–H and O–H groups in total. The summed E-state index contributed by atoms with van der Waals surface area (Å²) >= 11 is 7.38. The predicted octanol–water partition coefficient (Wildman–Crippen LogP) is 3.17. The lowest BCUT2D eigenvalue weighted by Gasteiger charge is -2.35. The second kappa shape index (κ2) is 8.11. The number of carbonyl (C=O) groups excluding carboxylic acids is 1. The topological polar surface area (TPSA) is 53.7 Å². The van der Waals surface area contributed by atoms with Crippen molar-refractivity contribution >= 4 is 40.5 Å². The summed E-state index contributed by atoms with van der Waals surface area (Å²) in [5.41, 5.74) is 3.31. The van der Waals surface area contributed by atoms with Gasteiger partial charge >= 0.3 is 0 Å². The monoisotopic (exact) mass is 415 g/mol. The third kappa shape index (κ3) is 4.32. The highest BCUT2D eigenvalue weighted by atomic mass is 35.5. The van der Waals surface area contributed by atoms with Gasteiger partial charge in [0.1, 0.15) is 0 Å². The van der Waals surface area contributed by atoms with Gasteiger partial charge in [-0.3, -0.25) is 14.4 Å². The molecule has 1 aromatic carbocycles. The SMILES string of the molecule is Cc1nn(C)cc1CN1CCN(C2=NC(=O)/C(=C/c3ccc(Cl)cc3)S2)CC1. The molecule has 0 saturated carbocycles. The third-order valence-electron chi connectivity index (χ3n) is 4.93. The highest BCUT2D eigenvalue weighted by Gasteiger charge is 2.28. The van der Waals surface area contributed by atoms with Gasteiger partial charge in [0.05, 0.1) is 10.6 Å². The van der Waals surface area contributed by atoms with Crippen molar-refractivity contribution in [1.82, 2.24) is 19.6 Å². The Morgan fingerprint density at radius 2 is 1.89 bits per heavy atom. The van der Waals surface area contributed by atoms with E-state index in [2.05, 4.69) is 33.0 Å². The molecule has 0 aliphatic carbocycles. The zero-order valence-electron chi connectivity index (χ0n) is 15.9. The number of aliphatic imine (C=N–C) groups is 1. The minimum absolute atomic E-state index is 0.164. The van der Waals surface area contributed by atoms with Crippen molar-refractivity contribution in [3.63, 3.8) is 0 Å². The van der Waals surface area contributed by atoms with Crippen molar-refractivity contribution in [3.8, 4) is 0 Å². The van der Waals surface area contributed by atoms with Crippen molar-refractivity contribution in [2.45, 2.75) is 13.5 Å². The fourth-order valence-electron chi connectivity index (χ4n) is 3.39. The summed E-state index contributed by atoms with van der Waals surface area (Å²) in [4.78, 5) is 21.9. The van der Waals surface area contributed by atoms with E-state index < -0.39 is 0 Å². The number of hydrogen-bond acceptors (Lipinski definition) is 5. The van der Waals surface area contributed by atoms with Gasteiger partial charge in [-0.15, -0.1) is 0 Å². The van der Waals surface area contributed by atoms with Crippen LogP contribution in [0.3, 0.4) is 0 Å². The number of aromatic nitrogens is 2. The standard InChI is InChI=1S/C20H22ClN5OS/c1-14-16(12-24(2)23-14)13-25-7-9-26(10-8-25)20-22-19(27)18(28-20)11-15-3-5-17(21)6-4-15/h3-6,11-12H,7-10,13H2,1-2H3/b18-11-. The first-order valence-corrected chi connectivity index (χ1v) is 10.4. The minimum atomic E-state index is -0.164. The number of rotatable bonds is 3. The number of nitrogens with zero attached hydrogens (tertiary/aromatic N) is 5. The minimum Gasteiger partial charge on any atom is -0.348 e. The number of carbonyl (C=O) groups is 1. The maximum atomic E-state index is 12.3. The van der Waals surface area contributed by atoms with Crippen LogP contribution in [0.1, 0.15) is 16.8 Å². The molecule has 0 atom stereocenters. The molecule has 0 radical (unpaired) electrons. The van der Waals surface area contributed by atoms with Crippen molar-refractivity contribution in [1.29, 1.82) is 0 Å². The van der Waals surface area contributed by atoms with E-state index >= 15 is 0 Å². The molecule has 8 heteroatoms. The number of amidine groups is 1. The molecule has 6 nitrogen and oxygen atoms in total. The molecule has 2 aliphatic rings. The molecule has 146 valence electrons. The van der Waals surface area contributed by atoms with Gasteiger partial charge in [-0.05, 0) is 42.5 Å². The van der Waals surface area contributed by atoms with Crippen LogP contribution < -0.4 is 0 Å². The molecule has 28 heavy (non-hydrogen) atoms. The van der Waals surface area contributed by atoms with Gasteiger partial charge in [-0.1, -0.05) is 23.7 Å². The first-order valence-electron chi connectivity index (χ1n) is 9.22. The van der Waals surface area contributed by atoms with E-state index in [0.717, 1.165) is 49.1 Å². The summed E-state index contributed by atoms with van der Waals surface area (Å²) in [7, 11) is 1.95. The molecule has 0 bridgehead atoms. The lowest BCUT2D eigenvalue weighted by molar-refractivity contribution is -0.113. The van der Waals surface area contributed by atoms with E-state index in [9.17, 15) is 4.79 Å². The van der Waals surface area contributed by atoms with Crippen LogP contribution in [0.5, 0.6) is 0 Å². The highest BCUT2D eigenvalue weighted by molar-refractivity contribution is 8.18. The van der Waals surface area contributed by atoms with Crippen LogP contribution in [-0.2, 0) is 18.4 Å². The number of benzene rings is 1. The van der Waals surface area contributed by atoms with Crippen LogP contribution in [0.15, 0.2) is 40.4 Å². The van der Waals surface area contributed by atoms with E-state index in [0.29, 0.717) is 9.93 Å². The zero-order chi connectivity index (χ0) is 19.7. The Morgan fingerprint density at radius 3 is 2.54 bits per heavy atom. The average molecular weight is 416 g/mol. The van der Waals surface area contributed by atoms with Crippen LogP contribution in [0.4, 0.5) is 0 Å². The lowest BCUT2D eigenvalue weighted by atomic mass is 10.2. The molecule has 1 saturated heterocycles. The van der Waals surface area contributed by atoms with Crippen LogP contribution in [0.25, 0.3) is 6.08 Å². The van der Waals surface area contributed by atoms with Gasteiger partial charge in [-0.25, -0.2) is 0 Å². The molecule has 2 aliphatic heterocycles. The summed E-state index contributed by atoms with van der Waals surface area (Å²) in [5, 5.41) is 5.91. The van der Waals surface area contributed by atoms with Crippen LogP contribution in [0.2, 0.25) is 5.02 Å². The van der Waals surface area contributed by atoms with Crippen LogP contribution in [-0.4, -0.2) is 56.8 Å². The Balaban J connectivity index is 1.35. The van der Waals surface area contributed by atoms with E-state index in [1.165, 1.54) is 17.3 Å². The summed E-state index contributed by atoms with van der Waals surface area (Å²) in [5.74, 6) is -0.164. The molecular weight excluding hydrogens is 394 g/mol. The first-order chi connectivity index (χ1) is 13.5. The van der Waals surface area contributed by atoms with Crippen molar-refractivity contribution in [2.75, 3.05) is 26.2 Å². The predicted molar refractivity (Wildman–Crippen MR) is 114 cm³/mol. The van der Waals surface area contributed by atoms with E-state index in [4.69, 9.17) is 11.6 Å². The first kappa shape index (κ1) is 19.2. The Morgan fingerprint density at radius 1 is 1.18 bits per heavy atom. The molecule has 4 rings (SSSR count). The van der Waals surface area contributed by atoms with Crippen molar-refractivity contribution < 1.29 is 4.79 Å². The molecule has 1 fully saturated rings. The number of amides is 1. The molecule has 1 aromatic heterocycles. The van der Waals surface area contributed by atoms with Gasteiger partial charge in [0.2, 0.25) is 0 Å². The smallest absolute Gasteiger partial charge is 0.286 e. The second-order valence-corrected chi connectivity index (χ2v) is 8.48. The van der Waals surface area contributed by atoms with Gasteiger partial charge in [0.25, 0.3) is 5.91 Å². The Hall–Kier alpha value is -2.09. The maximum Gasteiger partial charge on any atom is 0.286 e. The summed E-state index contributed by atoms with van der Waals surface area (Å²) in [6.45, 7) is 6.58. The van der Waals surface area contributed by atoms with Crippen LogP contribution >= 0.6 is 23.4 Å². The summed E-state index contributed by atoms with van der Waals surface area (Å²) in [6, 6.07) is 7.45. The normalized spacial score (nSPS) is 19.5. The lowest BCUT2D eigenvalue weighted by Crippen LogP contribution is -2.47. The van der Waals surface area contributed by atoms with E-state index in [-0.39, 0.29) is 5.91 Å². The third-order valence-corrected chi connectivity index (χ3v) is 6.23. The number of aryl methyl sites for hydroxylation is 2. The van der Waals surface area contributed by atoms with Gasteiger partial charge in [0.15, 0.2) is 5.17 Å². The van der Waals surface area contributed by atoms with Crippen LogP contribution in [0, 0.1) is 6.92 Å². The second-order valence-electron chi connectivity index (χ2n) is 7.04. The quantitative estimate of drug-likeness (QED) is 0.721. The summed E-state index contributed by atoms with van der Waals surface area (Å²) in [6.07, 6.45) is 3.96. The Bertz CT molecular complexity index is 942. The zero-order valence-corrected chi connectivity index (χ0v) is 17.5. The van der Waals surface area contributed by atoms with E-state index in [1.807, 2.05) is 42.1 Å². The molecule has 3 heterocycles. The Kier molecular flexibility index (Phi) is 5.57. The average Bonchev–Trinajstić information content (AvgIpc) is 3.19. The largest absolute Gasteiger partial charge is 0.348 e.